The molecule has 0 bridgehead atoms. The zero-order valence-electron chi connectivity index (χ0n) is 11.8. The summed E-state index contributed by atoms with van der Waals surface area (Å²) in [6.45, 7) is 1.65. The van der Waals surface area contributed by atoms with Crippen LogP contribution in [0, 0.1) is 0 Å². The summed E-state index contributed by atoms with van der Waals surface area (Å²) >= 11 is 1.33. The van der Waals surface area contributed by atoms with Crippen molar-refractivity contribution in [3.8, 4) is 0 Å². The molecule has 0 radical (unpaired) electrons. The average Bonchev–Trinajstić information content (AvgIpc) is 3.10. The molecule has 0 aromatic carbocycles. The van der Waals surface area contributed by atoms with E-state index in [1.165, 1.54) is 16.2 Å². The van der Waals surface area contributed by atoms with E-state index in [0.29, 0.717) is 17.7 Å². The van der Waals surface area contributed by atoms with Crippen molar-refractivity contribution in [1.82, 2.24) is 9.80 Å². The lowest BCUT2D eigenvalue weighted by atomic mass is 9.98. The molecule has 3 rings (SSSR count). The number of hydrogen-bond donors (Lipinski definition) is 1. The molecule has 2 aliphatic heterocycles. The predicted octanol–water partition coefficient (Wildman–Crippen LogP) is 1.10. The Bertz CT molecular complexity index is 537. The summed E-state index contributed by atoms with van der Waals surface area (Å²) < 4.78 is 5.84. The molecular formula is C14H18N2O4S. The normalized spacial score (nSPS) is 25.4. The van der Waals surface area contributed by atoms with Crippen molar-refractivity contribution >= 4 is 23.2 Å². The van der Waals surface area contributed by atoms with E-state index in [9.17, 15) is 14.7 Å². The number of likely N-dealkylation sites (tertiary alicyclic amines) is 1. The number of carboxylic acids is 1. The molecule has 21 heavy (non-hydrogen) atoms. The van der Waals surface area contributed by atoms with Gasteiger partial charge in [-0.05, 0) is 18.5 Å². The summed E-state index contributed by atoms with van der Waals surface area (Å²) in [6.07, 6.45) is 1.29. The number of nitrogens with zero attached hydrogens (tertiary/aromatic N) is 2. The molecule has 1 atom stereocenters. The first-order valence-corrected chi connectivity index (χ1v) is 7.84. The van der Waals surface area contributed by atoms with Crippen LogP contribution >= 0.6 is 11.3 Å². The smallest absolute Gasteiger partial charge is 0.328 e. The van der Waals surface area contributed by atoms with Crippen LogP contribution in [0.25, 0.3) is 0 Å². The van der Waals surface area contributed by atoms with Crippen LogP contribution in [0.15, 0.2) is 17.5 Å². The molecule has 7 heteroatoms. The van der Waals surface area contributed by atoms with Crippen LogP contribution in [-0.4, -0.2) is 65.3 Å². The summed E-state index contributed by atoms with van der Waals surface area (Å²) in [6, 6.07) is 2.63. The highest BCUT2D eigenvalue weighted by atomic mass is 32.1. The van der Waals surface area contributed by atoms with Crippen molar-refractivity contribution in [2.45, 2.75) is 24.6 Å². The number of aliphatic carboxylic acids is 1. The van der Waals surface area contributed by atoms with Crippen LogP contribution in [0.3, 0.4) is 0 Å². The molecule has 1 N–H and O–H groups in total. The van der Waals surface area contributed by atoms with E-state index in [2.05, 4.69) is 4.90 Å². The number of ether oxygens (including phenoxy) is 1. The van der Waals surface area contributed by atoms with Gasteiger partial charge in [-0.3, -0.25) is 9.69 Å². The molecule has 1 aromatic heterocycles. The number of carbonyl (C=O) groups excluding carboxylic acids is 1. The highest BCUT2D eigenvalue weighted by Crippen LogP contribution is 2.38. The van der Waals surface area contributed by atoms with Crippen molar-refractivity contribution in [1.29, 1.82) is 0 Å². The lowest BCUT2D eigenvalue weighted by Gasteiger charge is -2.43. The van der Waals surface area contributed by atoms with Crippen LogP contribution in [0.2, 0.25) is 0 Å². The molecule has 1 spiro atoms. The Morgan fingerprint density at radius 1 is 1.43 bits per heavy atom. The zero-order valence-corrected chi connectivity index (χ0v) is 12.6. The fraction of sp³-hybridized carbons (Fsp3) is 0.571. The highest BCUT2D eigenvalue weighted by Gasteiger charge is 2.53. The second-order valence-electron chi connectivity index (χ2n) is 5.57. The first-order valence-electron chi connectivity index (χ1n) is 6.96. The van der Waals surface area contributed by atoms with Crippen LogP contribution in [0.4, 0.5) is 0 Å². The molecule has 2 saturated heterocycles. The molecule has 3 heterocycles. The van der Waals surface area contributed by atoms with E-state index in [0.717, 1.165) is 13.1 Å². The van der Waals surface area contributed by atoms with Gasteiger partial charge in [0.15, 0.2) is 6.04 Å². The van der Waals surface area contributed by atoms with E-state index in [1.807, 2.05) is 12.4 Å². The van der Waals surface area contributed by atoms with Gasteiger partial charge in [0.25, 0.3) is 5.91 Å². The van der Waals surface area contributed by atoms with Crippen molar-refractivity contribution < 1.29 is 19.4 Å². The van der Waals surface area contributed by atoms with Gasteiger partial charge in [-0.2, -0.15) is 0 Å². The number of carboxylic acid groups (broad SMARTS) is 1. The van der Waals surface area contributed by atoms with Gasteiger partial charge in [-0.1, -0.05) is 6.07 Å². The number of piperidine rings is 1. The fourth-order valence-corrected chi connectivity index (χ4v) is 3.70. The monoisotopic (exact) mass is 310 g/mol. The van der Waals surface area contributed by atoms with Crippen LogP contribution < -0.4 is 0 Å². The number of amides is 1. The van der Waals surface area contributed by atoms with Crippen molar-refractivity contribution in [2.24, 2.45) is 0 Å². The van der Waals surface area contributed by atoms with E-state index < -0.39 is 17.7 Å². The lowest BCUT2D eigenvalue weighted by Crippen LogP contribution is -2.57. The third-order valence-electron chi connectivity index (χ3n) is 4.26. The maximum atomic E-state index is 12.8. The van der Waals surface area contributed by atoms with Gasteiger partial charge in [0.1, 0.15) is 5.72 Å². The van der Waals surface area contributed by atoms with Gasteiger partial charge < -0.3 is 14.7 Å². The fourth-order valence-electron chi connectivity index (χ4n) is 3.04. The first kappa shape index (κ1) is 14.5. The standard InChI is InChI=1S/C14H18N2O4S/c1-15-6-4-14(5-7-15)16(10(9-20-14)13(18)19)12(17)11-3-2-8-21-11/h2-3,8,10H,4-7,9H2,1H3,(H,18,19)/t10-/m0/s1. The molecule has 114 valence electrons. The molecule has 0 aliphatic carbocycles. The van der Waals surface area contributed by atoms with Gasteiger partial charge in [0.05, 0.1) is 11.5 Å². The largest absolute Gasteiger partial charge is 0.480 e. The van der Waals surface area contributed by atoms with Crippen LogP contribution in [0.5, 0.6) is 0 Å². The number of carbonyl (C=O) groups is 2. The maximum Gasteiger partial charge on any atom is 0.328 e. The molecule has 2 fully saturated rings. The number of hydrogen-bond acceptors (Lipinski definition) is 5. The molecule has 1 aromatic rings. The molecule has 0 saturated carbocycles. The zero-order chi connectivity index (χ0) is 15.0. The Morgan fingerprint density at radius 2 is 2.14 bits per heavy atom. The maximum absolute atomic E-state index is 12.8. The molecule has 6 nitrogen and oxygen atoms in total. The molecular weight excluding hydrogens is 292 g/mol. The van der Waals surface area contributed by atoms with Gasteiger partial charge in [0.2, 0.25) is 0 Å². The summed E-state index contributed by atoms with van der Waals surface area (Å²) in [4.78, 5) is 28.4. The highest BCUT2D eigenvalue weighted by molar-refractivity contribution is 7.12. The minimum absolute atomic E-state index is 0.0656. The van der Waals surface area contributed by atoms with Gasteiger partial charge >= 0.3 is 5.97 Å². The summed E-state index contributed by atoms with van der Waals surface area (Å²) in [5.41, 5.74) is -0.767. The van der Waals surface area contributed by atoms with Crippen molar-refractivity contribution in [3.05, 3.63) is 22.4 Å². The van der Waals surface area contributed by atoms with E-state index in [1.54, 1.807) is 12.1 Å². The predicted molar refractivity (Wildman–Crippen MR) is 77.3 cm³/mol. The molecule has 2 aliphatic rings. The van der Waals surface area contributed by atoms with Gasteiger partial charge in [0, 0.05) is 25.9 Å². The Balaban J connectivity index is 1.93. The number of thiophene rings is 1. The topological polar surface area (TPSA) is 70.1 Å². The van der Waals surface area contributed by atoms with Crippen molar-refractivity contribution in [2.75, 3.05) is 26.7 Å². The average molecular weight is 310 g/mol. The second kappa shape index (κ2) is 5.40. The van der Waals surface area contributed by atoms with Crippen LogP contribution in [-0.2, 0) is 9.53 Å². The second-order valence-corrected chi connectivity index (χ2v) is 6.51. The first-order chi connectivity index (χ1) is 10.0. The Kier molecular flexibility index (Phi) is 3.73. The van der Waals surface area contributed by atoms with E-state index >= 15 is 0 Å². The lowest BCUT2D eigenvalue weighted by molar-refractivity contribution is -0.143. The summed E-state index contributed by atoms with van der Waals surface area (Å²) in [5.74, 6) is -1.24. The molecule has 0 unspecified atom stereocenters. The Hall–Kier alpha value is -1.44. The Labute approximate surface area is 126 Å². The minimum atomic E-state index is -1.00. The number of rotatable bonds is 2. The third kappa shape index (κ3) is 2.45. The van der Waals surface area contributed by atoms with E-state index in [-0.39, 0.29) is 12.5 Å². The quantitative estimate of drug-likeness (QED) is 0.885. The third-order valence-corrected chi connectivity index (χ3v) is 5.12. The van der Waals surface area contributed by atoms with Gasteiger partial charge in [-0.15, -0.1) is 11.3 Å². The van der Waals surface area contributed by atoms with Gasteiger partial charge in [-0.25, -0.2) is 4.79 Å². The van der Waals surface area contributed by atoms with Crippen molar-refractivity contribution in [3.63, 3.8) is 0 Å². The minimum Gasteiger partial charge on any atom is -0.480 e. The van der Waals surface area contributed by atoms with Crippen LogP contribution in [0.1, 0.15) is 22.5 Å². The summed E-state index contributed by atoms with van der Waals surface area (Å²) in [5, 5.41) is 11.2. The summed E-state index contributed by atoms with van der Waals surface area (Å²) in [7, 11) is 2.02. The molecule has 1 amide bonds. The van der Waals surface area contributed by atoms with E-state index in [4.69, 9.17) is 4.74 Å². The Morgan fingerprint density at radius 3 is 2.71 bits per heavy atom. The SMILES string of the molecule is CN1CCC2(CC1)OC[C@@H](C(=O)O)N2C(=O)c1cccs1.